The first-order valence-corrected chi connectivity index (χ1v) is 6.70. The number of rotatable bonds is 3. The highest BCUT2D eigenvalue weighted by Gasteiger charge is 2.22. The van der Waals surface area contributed by atoms with Crippen molar-refractivity contribution in [2.75, 3.05) is 5.33 Å². The van der Waals surface area contributed by atoms with Gasteiger partial charge in [0.1, 0.15) is 11.5 Å². The second-order valence-electron chi connectivity index (χ2n) is 4.40. The average Bonchev–Trinajstić information content (AvgIpc) is 2.29. The molecule has 1 atom stereocenters. The lowest BCUT2D eigenvalue weighted by Gasteiger charge is -2.24. The Labute approximate surface area is 104 Å². The summed E-state index contributed by atoms with van der Waals surface area (Å²) in [7, 11) is 0. The van der Waals surface area contributed by atoms with Crippen LogP contribution in [0.1, 0.15) is 24.0 Å². The predicted octanol–water partition coefficient (Wildman–Crippen LogP) is 2.85. The summed E-state index contributed by atoms with van der Waals surface area (Å²) in [4.78, 5) is 11.4. The van der Waals surface area contributed by atoms with E-state index in [0.29, 0.717) is 23.4 Å². The molecule has 3 heteroatoms. The highest BCUT2D eigenvalue weighted by atomic mass is 79.9. The molecule has 0 amide bonds. The van der Waals surface area contributed by atoms with Gasteiger partial charge in [0.2, 0.25) is 0 Å². The largest absolute Gasteiger partial charge is 0.508 e. The van der Waals surface area contributed by atoms with E-state index in [1.165, 1.54) is 5.56 Å². The van der Waals surface area contributed by atoms with Crippen LogP contribution in [0.5, 0.6) is 5.75 Å². The minimum Gasteiger partial charge on any atom is -0.508 e. The highest BCUT2D eigenvalue weighted by molar-refractivity contribution is 9.09. The molecule has 16 heavy (non-hydrogen) atoms. The molecule has 0 bridgehead atoms. The van der Waals surface area contributed by atoms with Gasteiger partial charge in [-0.05, 0) is 42.4 Å². The monoisotopic (exact) mass is 282 g/mol. The van der Waals surface area contributed by atoms with E-state index in [1.54, 1.807) is 6.07 Å². The molecule has 0 radical (unpaired) electrons. The van der Waals surface area contributed by atoms with Crippen LogP contribution in [0.4, 0.5) is 0 Å². The fraction of sp³-hybridized carbons (Fsp3) is 0.462. The molecule has 1 unspecified atom stereocenters. The Morgan fingerprint density at radius 2 is 2.31 bits per heavy atom. The molecule has 1 aliphatic carbocycles. The number of benzene rings is 1. The highest BCUT2D eigenvalue weighted by Crippen LogP contribution is 2.32. The van der Waals surface area contributed by atoms with Crippen molar-refractivity contribution in [3.63, 3.8) is 0 Å². The van der Waals surface area contributed by atoms with Crippen molar-refractivity contribution >= 4 is 21.7 Å². The van der Waals surface area contributed by atoms with Crippen LogP contribution in [-0.4, -0.2) is 16.2 Å². The van der Waals surface area contributed by atoms with Gasteiger partial charge >= 0.3 is 0 Å². The van der Waals surface area contributed by atoms with Crippen LogP contribution < -0.4 is 0 Å². The van der Waals surface area contributed by atoms with Gasteiger partial charge in [-0.3, -0.25) is 4.79 Å². The summed E-state index contributed by atoms with van der Waals surface area (Å²) in [5.74, 6) is 1.12. The Kier molecular flexibility index (Phi) is 3.64. The van der Waals surface area contributed by atoms with E-state index in [2.05, 4.69) is 22.0 Å². The average molecular weight is 283 g/mol. The first-order chi connectivity index (χ1) is 7.70. The lowest BCUT2D eigenvalue weighted by Crippen LogP contribution is -2.18. The molecule has 0 heterocycles. The molecule has 2 rings (SSSR count). The minimum atomic E-state index is 0.272. The van der Waals surface area contributed by atoms with Gasteiger partial charge in [-0.15, -0.1) is 0 Å². The van der Waals surface area contributed by atoms with Crippen molar-refractivity contribution in [1.29, 1.82) is 0 Å². The molecule has 0 aromatic heterocycles. The Hall–Kier alpha value is -0.830. The third-order valence-corrected chi connectivity index (χ3v) is 3.85. The molecule has 0 saturated heterocycles. The van der Waals surface area contributed by atoms with Gasteiger partial charge in [-0.2, -0.15) is 0 Å². The summed E-state index contributed by atoms with van der Waals surface area (Å²) >= 11 is 3.20. The molecule has 1 N–H and O–H groups in total. The van der Waals surface area contributed by atoms with Crippen molar-refractivity contribution in [1.82, 2.24) is 0 Å². The molecule has 1 aromatic carbocycles. The summed E-state index contributed by atoms with van der Waals surface area (Å²) < 4.78 is 0. The van der Waals surface area contributed by atoms with E-state index in [-0.39, 0.29) is 5.78 Å². The van der Waals surface area contributed by atoms with Crippen LogP contribution in [0.3, 0.4) is 0 Å². The van der Waals surface area contributed by atoms with E-state index in [0.717, 1.165) is 24.8 Å². The van der Waals surface area contributed by atoms with E-state index >= 15 is 0 Å². The summed E-state index contributed by atoms with van der Waals surface area (Å²) in [6.07, 6.45) is 3.47. The van der Waals surface area contributed by atoms with Gasteiger partial charge in [0.05, 0.1) is 5.33 Å². The normalized spacial score (nSPS) is 19.2. The number of aromatic hydroxyl groups is 1. The van der Waals surface area contributed by atoms with Gasteiger partial charge in [-0.1, -0.05) is 28.1 Å². The number of carbonyl (C=O) groups is 1. The van der Waals surface area contributed by atoms with Gasteiger partial charge in [0.25, 0.3) is 0 Å². The molecule has 1 aliphatic rings. The van der Waals surface area contributed by atoms with E-state index < -0.39 is 0 Å². The second kappa shape index (κ2) is 5.00. The number of phenolic OH excluding ortho intramolecular Hbond substituents is 1. The maximum atomic E-state index is 11.4. The third-order valence-electron chi connectivity index (χ3n) is 3.22. The number of alkyl halides is 1. The summed E-state index contributed by atoms with van der Waals surface area (Å²) in [5, 5.41) is 10.2. The predicted molar refractivity (Wildman–Crippen MR) is 67.0 cm³/mol. The van der Waals surface area contributed by atoms with Crippen molar-refractivity contribution in [2.45, 2.75) is 25.7 Å². The van der Waals surface area contributed by atoms with Crippen molar-refractivity contribution in [2.24, 2.45) is 5.92 Å². The molecule has 0 spiro atoms. The number of hydrogen-bond acceptors (Lipinski definition) is 2. The van der Waals surface area contributed by atoms with E-state index in [4.69, 9.17) is 0 Å². The fourth-order valence-electron chi connectivity index (χ4n) is 2.41. The standard InChI is InChI=1S/C13H15BrO2/c14-8-11(15)7-9-4-5-12-10(6-9)2-1-3-13(12)16/h1-3,9,16H,4-8H2. The van der Waals surface area contributed by atoms with Gasteiger partial charge in [0.15, 0.2) is 0 Å². The quantitative estimate of drug-likeness (QED) is 0.866. The zero-order chi connectivity index (χ0) is 11.5. The minimum absolute atomic E-state index is 0.272. The topological polar surface area (TPSA) is 37.3 Å². The third kappa shape index (κ3) is 2.46. The lowest BCUT2D eigenvalue weighted by atomic mass is 9.81. The summed E-state index contributed by atoms with van der Waals surface area (Å²) in [6.45, 7) is 0. The molecule has 2 nitrogen and oxygen atoms in total. The van der Waals surface area contributed by atoms with Crippen LogP contribution in [0.25, 0.3) is 0 Å². The number of Topliss-reactive ketones (excluding diaryl/α,β-unsaturated/α-hetero) is 1. The second-order valence-corrected chi connectivity index (χ2v) is 4.96. The van der Waals surface area contributed by atoms with Crippen LogP contribution in [0, 0.1) is 5.92 Å². The van der Waals surface area contributed by atoms with Gasteiger partial charge in [-0.25, -0.2) is 0 Å². The SMILES string of the molecule is O=C(CBr)CC1CCc2c(O)cccc2C1. The van der Waals surface area contributed by atoms with E-state index in [9.17, 15) is 9.90 Å². The Bertz CT molecular complexity index is 401. The molecule has 86 valence electrons. The molecule has 0 saturated carbocycles. The maximum absolute atomic E-state index is 11.4. The molecular formula is C13H15BrO2. The smallest absolute Gasteiger partial charge is 0.143 e. The van der Waals surface area contributed by atoms with E-state index in [1.807, 2.05) is 6.07 Å². The number of ketones is 1. The number of carbonyl (C=O) groups excluding carboxylic acids is 1. The number of hydrogen-bond donors (Lipinski definition) is 1. The van der Waals surface area contributed by atoms with Crippen molar-refractivity contribution < 1.29 is 9.90 Å². The molecular weight excluding hydrogens is 268 g/mol. The Balaban J connectivity index is 2.09. The van der Waals surface area contributed by atoms with Crippen molar-refractivity contribution in [3.05, 3.63) is 29.3 Å². The van der Waals surface area contributed by atoms with Crippen LogP contribution >= 0.6 is 15.9 Å². The first-order valence-electron chi connectivity index (χ1n) is 5.58. The molecule has 0 aliphatic heterocycles. The lowest BCUT2D eigenvalue weighted by molar-refractivity contribution is -0.117. The van der Waals surface area contributed by atoms with Gasteiger partial charge < -0.3 is 5.11 Å². The number of fused-ring (bicyclic) bond motifs is 1. The Morgan fingerprint density at radius 1 is 1.50 bits per heavy atom. The maximum Gasteiger partial charge on any atom is 0.143 e. The van der Waals surface area contributed by atoms with Crippen LogP contribution in [-0.2, 0) is 17.6 Å². The van der Waals surface area contributed by atoms with Crippen LogP contribution in [0.2, 0.25) is 0 Å². The number of halogens is 1. The first kappa shape index (κ1) is 11.6. The van der Waals surface area contributed by atoms with Crippen molar-refractivity contribution in [3.8, 4) is 5.75 Å². The Morgan fingerprint density at radius 3 is 3.06 bits per heavy atom. The van der Waals surface area contributed by atoms with Gasteiger partial charge in [0, 0.05) is 6.42 Å². The summed E-state index contributed by atoms with van der Waals surface area (Å²) in [5.41, 5.74) is 2.28. The zero-order valence-electron chi connectivity index (χ0n) is 9.08. The zero-order valence-corrected chi connectivity index (χ0v) is 10.7. The van der Waals surface area contributed by atoms with Crippen LogP contribution in [0.15, 0.2) is 18.2 Å². The molecule has 1 aromatic rings. The number of phenols is 1. The molecule has 0 fully saturated rings. The summed E-state index contributed by atoms with van der Waals surface area (Å²) in [6, 6.07) is 5.67. The fourth-order valence-corrected chi connectivity index (χ4v) is 2.64.